The maximum atomic E-state index is 14.4. The highest BCUT2D eigenvalue weighted by molar-refractivity contribution is 7.91. The third kappa shape index (κ3) is 8.92. The van der Waals surface area contributed by atoms with E-state index in [1.165, 1.54) is 55.5 Å². The molecule has 0 unspecified atom stereocenters. The molecule has 61 heavy (non-hydrogen) atoms. The molecule has 1 aliphatic carbocycles. The van der Waals surface area contributed by atoms with E-state index in [-0.39, 0.29) is 29.2 Å². The summed E-state index contributed by atoms with van der Waals surface area (Å²) in [4.78, 5) is 61.1. The highest BCUT2D eigenvalue weighted by Crippen LogP contribution is 2.46. The number of hydrogen-bond donors (Lipinski definition) is 7. The number of amides is 1. The van der Waals surface area contributed by atoms with Gasteiger partial charge in [-0.3, -0.25) is 32.8 Å². The number of anilines is 3. The first-order valence-corrected chi connectivity index (χ1v) is 23.0. The predicted molar refractivity (Wildman–Crippen MR) is 211 cm³/mol. The Morgan fingerprint density at radius 1 is 0.754 bits per heavy atom. The molecule has 5 aromatic rings. The first kappa shape index (κ1) is 44.2. The van der Waals surface area contributed by atoms with Crippen LogP contribution in [-0.4, -0.2) is 86.8 Å². The highest BCUT2D eigenvalue weighted by Gasteiger charge is 2.38. The van der Waals surface area contributed by atoms with Gasteiger partial charge in [-0.15, -0.1) is 0 Å². The Morgan fingerprint density at radius 2 is 1.33 bits per heavy atom. The Hall–Kier alpha value is -6.35. The smallest absolute Gasteiger partial charge is 0.344 e. The molecule has 7 N–H and O–H groups in total. The maximum Gasteiger partial charge on any atom is 0.344 e. The number of carbonyl (C=O) groups excluding carboxylic acids is 3. The largest absolute Gasteiger partial charge is 0.481 e. The molecule has 0 spiro atoms. The van der Waals surface area contributed by atoms with Gasteiger partial charge < -0.3 is 25.5 Å². The third-order valence-corrected chi connectivity index (χ3v) is 13.5. The van der Waals surface area contributed by atoms with Gasteiger partial charge in [0.25, 0.3) is 35.9 Å². The van der Waals surface area contributed by atoms with Gasteiger partial charge in [0.05, 0.1) is 33.1 Å². The maximum absolute atomic E-state index is 14.4. The lowest BCUT2D eigenvalue weighted by Crippen LogP contribution is -2.26. The number of ketones is 1. The van der Waals surface area contributed by atoms with Crippen LogP contribution < -0.4 is 16.2 Å². The topological polar surface area (TPSA) is 352 Å². The lowest BCUT2D eigenvalue weighted by atomic mass is 9.81. The van der Waals surface area contributed by atoms with E-state index < -0.39 is 147 Å². The fraction of sp³-hybridized carbons (Fsp3) is 0.139. The number of benzene rings is 4. The molecule has 4 aromatic carbocycles. The number of carboxylic acid groups (broad SMARTS) is 1. The molecule has 0 atom stereocenters. The fourth-order valence-corrected chi connectivity index (χ4v) is 10.2. The summed E-state index contributed by atoms with van der Waals surface area (Å²) in [6, 6.07) is 12.2. The number of fused-ring (bicyclic) bond motifs is 2. The number of pyridine rings is 1. The van der Waals surface area contributed by atoms with Gasteiger partial charge in [0.2, 0.25) is 5.91 Å². The van der Waals surface area contributed by atoms with Gasteiger partial charge in [0.15, 0.2) is 15.6 Å². The van der Waals surface area contributed by atoms with E-state index in [1.54, 1.807) is 0 Å². The van der Waals surface area contributed by atoms with E-state index in [1.807, 2.05) is 0 Å². The summed E-state index contributed by atoms with van der Waals surface area (Å²) >= 11 is 0. The Labute approximate surface area is 344 Å². The Morgan fingerprint density at radius 3 is 1.87 bits per heavy atom. The van der Waals surface area contributed by atoms with Crippen molar-refractivity contribution >= 4 is 91.8 Å². The van der Waals surface area contributed by atoms with Crippen LogP contribution >= 0.6 is 0 Å². The zero-order chi connectivity index (χ0) is 45.0. The van der Waals surface area contributed by atoms with Crippen LogP contribution in [0.15, 0.2) is 91.1 Å². The first-order chi connectivity index (χ1) is 28.3. The van der Waals surface area contributed by atoms with Crippen molar-refractivity contribution < 1.29 is 76.4 Å². The lowest BCUT2D eigenvalue weighted by molar-refractivity contribution is -0.137. The molecular weight excluding hydrogens is 891 g/mol. The van der Waals surface area contributed by atoms with Gasteiger partial charge in [-0.1, -0.05) is 36.4 Å². The van der Waals surface area contributed by atoms with Crippen LogP contribution in [0.5, 0.6) is 0 Å². The summed E-state index contributed by atoms with van der Waals surface area (Å²) in [5.74, 6) is -5.12. The molecular formula is C36H29N3O18S4. The Bertz CT molecular complexity index is 3220. The normalized spacial score (nSPS) is 12.8. The van der Waals surface area contributed by atoms with E-state index in [4.69, 9.17) is 9.84 Å². The number of ether oxygens (including phenoxy) is 1. The van der Waals surface area contributed by atoms with Crippen molar-refractivity contribution in [1.82, 2.24) is 4.98 Å². The van der Waals surface area contributed by atoms with Crippen LogP contribution in [0.4, 0.5) is 17.1 Å². The summed E-state index contributed by atoms with van der Waals surface area (Å²) in [7, 11) is -21.8. The van der Waals surface area contributed by atoms with Gasteiger partial charge >= 0.3 is 11.9 Å². The number of esters is 1. The molecule has 0 saturated carbocycles. The van der Waals surface area contributed by atoms with Crippen LogP contribution in [0.2, 0.25) is 0 Å². The molecule has 0 radical (unpaired) electrons. The molecule has 6 rings (SSSR count). The van der Waals surface area contributed by atoms with Gasteiger partial charge in [-0.2, -0.15) is 25.3 Å². The molecule has 0 fully saturated rings. The number of aliphatic carboxylic acids is 1. The second kappa shape index (κ2) is 15.9. The van der Waals surface area contributed by atoms with Crippen molar-refractivity contribution in [1.29, 1.82) is 0 Å². The van der Waals surface area contributed by atoms with Crippen molar-refractivity contribution in [3.05, 3.63) is 99.3 Å². The standard InChI is InChI=1S/C36H29N3O18S4/c1-17(40)37-19-10-8-18(9-11-19)16-57-36(45)31-28-21-5-2-3-6-22(21)34(43)29-23(15-26(61(54,55)56)33(30(28)29)39-35(31)44)38-32-24(59(48,49)50)13-20(14-25(32)60(51,52)53)58(46,47)12-4-7-27(41)42/h2-3,5-6,8-11,13-15,38H,4,7,12,16H2,1H3,(H,37,40)(H,39,44)(H,41,42)(H,48,49,50)(H,51,52,53)(H,54,55,56). The summed E-state index contributed by atoms with van der Waals surface area (Å²) in [5, 5.41) is 13.1. The van der Waals surface area contributed by atoms with Crippen molar-refractivity contribution in [2.24, 2.45) is 0 Å². The monoisotopic (exact) mass is 919 g/mol. The van der Waals surface area contributed by atoms with E-state index in [0.717, 1.165) is 0 Å². The molecule has 1 amide bonds. The summed E-state index contributed by atoms with van der Waals surface area (Å²) in [6.45, 7) is 0.817. The molecule has 320 valence electrons. The molecule has 1 aliphatic rings. The van der Waals surface area contributed by atoms with E-state index >= 15 is 0 Å². The third-order valence-electron chi connectivity index (χ3n) is 9.07. The van der Waals surface area contributed by atoms with E-state index in [0.29, 0.717) is 17.3 Å². The van der Waals surface area contributed by atoms with Crippen molar-refractivity contribution in [3.8, 4) is 11.1 Å². The summed E-state index contributed by atoms with van der Waals surface area (Å²) in [5.41, 5.74) is -5.89. The fourth-order valence-electron chi connectivity index (χ4n) is 6.53. The predicted octanol–water partition coefficient (Wildman–Crippen LogP) is 3.18. The zero-order valence-electron chi connectivity index (χ0n) is 30.8. The minimum absolute atomic E-state index is 0.143. The first-order valence-electron chi connectivity index (χ1n) is 17.1. The number of carbonyl (C=O) groups is 4. The van der Waals surface area contributed by atoms with Crippen LogP contribution in [0.1, 0.15) is 51.6 Å². The van der Waals surface area contributed by atoms with Crippen molar-refractivity contribution in [2.45, 2.75) is 46.0 Å². The average molecular weight is 920 g/mol. The Kier molecular flexibility index (Phi) is 11.5. The van der Waals surface area contributed by atoms with Crippen molar-refractivity contribution in [2.75, 3.05) is 16.4 Å². The number of sulfone groups is 1. The Balaban J connectivity index is 1.63. The van der Waals surface area contributed by atoms with Crippen LogP contribution in [-0.2, 0) is 61.1 Å². The van der Waals surface area contributed by atoms with Gasteiger partial charge in [0.1, 0.15) is 26.9 Å². The molecule has 1 aromatic heterocycles. The second-order valence-electron chi connectivity index (χ2n) is 13.2. The number of hydrogen-bond acceptors (Lipinski definition) is 15. The van der Waals surface area contributed by atoms with E-state index in [9.17, 15) is 71.3 Å². The van der Waals surface area contributed by atoms with Crippen LogP contribution in [0, 0.1) is 0 Å². The number of rotatable bonds is 14. The van der Waals surface area contributed by atoms with Crippen LogP contribution in [0.3, 0.4) is 0 Å². The minimum Gasteiger partial charge on any atom is -0.481 e. The van der Waals surface area contributed by atoms with Gasteiger partial charge in [0, 0.05) is 35.5 Å². The van der Waals surface area contributed by atoms with E-state index in [2.05, 4.69) is 15.6 Å². The minimum atomic E-state index is -5.75. The molecule has 1 heterocycles. The number of aromatic nitrogens is 1. The molecule has 25 heteroatoms. The highest BCUT2D eigenvalue weighted by atomic mass is 32.2. The number of aromatic amines is 1. The molecule has 0 saturated heterocycles. The van der Waals surface area contributed by atoms with Gasteiger partial charge in [-0.25, -0.2) is 13.2 Å². The van der Waals surface area contributed by atoms with Crippen molar-refractivity contribution in [3.63, 3.8) is 0 Å². The summed E-state index contributed by atoms with van der Waals surface area (Å²) in [6.07, 6.45) is -1.23. The molecule has 0 bridgehead atoms. The molecule has 21 nitrogen and oxygen atoms in total. The zero-order valence-corrected chi connectivity index (χ0v) is 34.1. The summed E-state index contributed by atoms with van der Waals surface area (Å²) < 4.78 is 140. The second-order valence-corrected chi connectivity index (χ2v) is 19.5. The number of carboxylic acids is 1. The lowest BCUT2D eigenvalue weighted by Gasteiger charge is -2.25. The quantitative estimate of drug-likeness (QED) is 0.0609. The number of nitrogens with one attached hydrogen (secondary N) is 3. The SMILES string of the molecule is CC(=O)Nc1ccc(COC(=O)c2c3c4c(c(Nc5c(S(=O)(=O)O)cc(S(=O)(=O)CCCC(=O)O)cc5S(=O)(=O)O)cc(S(=O)(=O)O)c4[nH]c2=O)C(=O)c2ccccc2-3)cc1. The molecule has 0 aliphatic heterocycles. The van der Waals surface area contributed by atoms with Gasteiger partial charge in [-0.05, 0) is 47.9 Å². The number of H-pyrrole nitrogens is 1. The van der Waals surface area contributed by atoms with Crippen LogP contribution in [0.25, 0.3) is 22.0 Å². The average Bonchev–Trinajstić information content (AvgIpc) is 3.14.